The van der Waals surface area contributed by atoms with Crippen molar-refractivity contribution < 1.29 is 4.92 Å². The third kappa shape index (κ3) is 3.28. The van der Waals surface area contributed by atoms with E-state index in [0.717, 1.165) is 10.6 Å². The van der Waals surface area contributed by atoms with E-state index in [1.54, 1.807) is 12.1 Å². The molecular formula is C10H12N2O2S. The summed E-state index contributed by atoms with van der Waals surface area (Å²) in [6, 6.07) is 6.57. The van der Waals surface area contributed by atoms with Gasteiger partial charge in [0.1, 0.15) is 0 Å². The molecule has 0 heterocycles. The zero-order chi connectivity index (χ0) is 11.4. The van der Waals surface area contributed by atoms with Crippen LogP contribution < -0.4 is 0 Å². The summed E-state index contributed by atoms with van der Waals surface area (Å²) in [5, 5.41) is 10.5. The Morgan fingerprint density at radius 3 is 2.80 bits per heavy atom. The molecule has 1 aromatic carbocycles. The van der Waals surface area contributed by atoms with Gasteiger partial charge in [0.05, 0.1) is 9.91 Å². The van der Waals surface area contributed by atoms with Crippen LogP contribution in [0.1, 0.15) is 12.5 Å². The SMILES string of the molecule is CC(=S)N(C)Cc1cccc([N+](=O)[O-])c1. The Kier molecular flexibility index (Phi) is 3.74. The summed E-state index contributed by atoms with van der Waals surface area (Å²) in [4.78, 5) is 12.8. The van der Waals surface area contributed by atoms with E-state index in [2.05, 4.69) is 0 Å². The van der Waals surface area contributed by atoms with E-state index in [9.17, 15) is 10.1 Å². The van der Waals surface area contributed by atoms with Crippen molar-refractivity contribution >= 4 is 22.9 Å². The Balaban J connectivity index is 2.82. The fourth-order valence-corrected chi connectivity index (χ4v) is 1.22. The van der Waals surface area contributed by atoms with Crippen LogP contribution in [0.5, 0.6) is 0 Å². The van der Waals surface area contributed by atoms with Gasteiger partial charge in [-0.2, -0.15) is 0 Å². The predicted octanol–water partition coefficient (Wildman–Crippen LogP) is 2.37. The minimum Gasteiger partial charge on any atom is -0.365 e. The molecule has 0 aliphatic carbocycles. The van der Waals surface area contributed by atoms with E-state index >= 15 is 0 Å². The van der Waals surface area contributed by atoms with Gasteiger partial charge in [0.25, 0.3) is 5.69 Å². The average Bonchev–Trinajstić information content (AvgIpc) is 2.18. The van der Waals surface area contributed by atoms with Gasteiger partial charge in [0, 0.05) is 25.7 Å². The van der Waals surface area contributed by atoms with Crippen LogP contribution in [0, 0.1) is 10.1 Å². The number of hydrogen-bond acceptors (Lipinski definition) is 3. The van der Waals surface area contributed by atoms with Gasteiger partial charge in [-0.15, -0.1) is 0 Å². The van der Waals surface area contributed by atoms with E-state index in [1.807, 2.05) is 24.9 Å². The van der Waals surface area contributed by atoms with E-state index in [0.29, 0.717) is 6.54 Å². The zero-order valence-electron chi connectivity index (χ0n) is 8.64. The molecule has 4 nitrogen and oxygen atoms in total. The molecule has 0 saturated carbocycles. The first-order chi connectivity index (χ1) is 7.00. The second kappa shape index (κ2) is 4.84. The quantitative estimate of drug-likeness (QED) is 0.449. The molecule has 15 heavy (non-hydrogen) atoms. The van der Waals surface area contributed by atoms with Crippen LogP contribution in [0.4, 0.5) is 5.69 Å². The summed E-state index contributed by atoms with van der Waals surface area (Å²) >= 11 is 4.99. The first kappa shape index (κ1) is 11.6. The van der Waals surface area contributed by atoms with Gasteiger partial charge in [-0.3, -0.25) is 10.1 Å². The molecule has 0 fully saturated rings. The van der Waals surface area contributed by atoms with Crippen molar-refractivity contribution in [1.82, 2.24) is 4.90 Å². The van der Waals surface area contributed by atoms with Crippen molar-refractivity contribution in [3.63, 3.8) is 0 Å². The van der Waals surface area contributed by atoms with Gasteiger partial charge < -0.3 is 4.90 Å². The van der Waals surface area contributed by atoms with Crippen LogP contribution in [0.15, 0.2) is 24.3 Å². The van der Waals surface area contributed by atoms with Crippen molar-refractivity contribution in [1.29, 1.82) is 0 Å². The summed E-state index contributed by atoms with van der Waals surface area (Å²) in [6.07, 6.45) is 0. The molecule has 0 aliphatic rings. The van der Waals surface area contributed by atoms with Crippen LogP contribution in [-0.4, -0.2) is 21.9 Å². The molecule has 1 aromatic rings. The maximum absolute atomic E-state index is 10.5. The van der Waals surface area contributed by atoms with Gasteiger partial charge in [-0.25, -0.2) is 0 Å². The van der Waals surface area contributed by atoms with Crippen LogP contribution >= 0.6 is 12.2 Å². The molecule has 0 aliphatic heterocycles. The fourth-order valence-electron chi connectivity index (χ4n) is 1.15. The Morgan fingerprint density at radius 2 is 2.27 bits per heavy atom. The average molecular weight is 224 g/mol. The molecule has 0 atom stereocenters. The number of nitro benzene ring substituents is 1. The topological polar surface area (TPSA) is 46.4 Å². The molecule has 5 heteroatoms. The lowest BCUT2D eigenvalue weighted by molar-refractivity contribution is -0.384. The predicted molar refractivity (Wildman–Crippen MR) is 62.8 cm³/mol. The molecule has 0 radical (unpaired) electrons. The lowest BCUT2D eigenvalue weighted by Crippen LogP contribution is -2.21. The van der Waals surface area contributed by atoms with Gasteiger partial charge in [-0.1, -0.05) is 24.4 Å². The highest BCUT2D eigenvalue weighted by atomic mass is 32.1. The molecular weight excluding hydrogens is 212 g/mol. The summed E-state index contributed by atoms with van der Waals surface area (Å²) in [5.74, 6) is 0. The number of nitro groups is 1. The second-order valence-electron chi connectivity index (χ2n) is 3.30. The van der Waals surface area contributed by atoms with Gasteiger partial charge >= 0.3 is 0 Å². The van der Waals surface area contributed by atoms with E-state index in [1.165, 1.54) is 6.07 Å². The molecule has 0 amide bonds. The third-order valence-corrected chi connectivity index (χ3v) is 2.39. The maximum atomic E-state index is 10.5. The standard InChI is InChI=1S/C10H12N2O2S/c1-8(15)11(2)7-9-4-3-5-10(6-9)12(13)14/h3-6H,7H2,1-2H3. The number of rotatable bonds is 3. The Bertz CT molecular complexity index is 393. The smallest absolute Gasteiger partial charge is 0.269 e. The normalized spacial score (nSPS) is 9.73. The minimum absolute atomic E-state index is 0.114. The molecule has 0 N–H and O–H groups in total. The highest BCUT2D eigenvalue weighted by Gasteiger charge is 2.07. The first-order valence-corrected chi connectivity index (χ1v) is 4.86. The Labute approximate surface area is 93.7 Å². The third-order valence-electron chi connectivity index (χ3n) is 2.08. The summed E-state index contributed by atoms with van der Waals surface area (Å²) in [6.45, 7) is 2.42. The molecule has 0 spiro atoms. The number of non-ortho nitro benzene ring substituents is 1. The molecule has 0 bridgehead atoms. The number of nitrogens with zero attached hydrogens (tertiary/aromatic N) is 2. The van der Waals surface area contributed by atoms with Gasteiger partial charge in [-0.05, 0) is 12.5 Å². The summed E-state index contributed by atoms with van der Waals surface area (Å²) in [5.41, 5.74) is 0.999. The van der Waals surface area contributed by atoms with Crippen LogP contribution in [0.25, 0.3) is 0 Å². The first-order valence-electron chi connectivity index (χ1n) is 4.45. The van der Waals surface area contributed by atoms with E-state index in [4.69, 9.17) is 12.2 Å². The Morgan fingerprint density at radius 1 is 1.60 bits per heavy atom. The van der Waals surface area contributed by atoms with Crippen molar-refractivity contribution in [2.24, 2.45) is 0 Å². The van der Waals surface area contributed by atoms with Crippen molar-refractivity contribution in [3.8, 4) is 0 Å². The van der Waals surface area contributed by atoms with Crippen molar-refractivity contribution in [2.45, 2.75) is 13.5 Å². The number of benzene rings is 1. The van der Waals surface area contributed by atoms with Crippen molar-refractivity contribution in [3.05, 3.63) is 39.9 Å². The molecule has 80 valence electrons. The van der Waals surface area contributed by atoms with Crippen molar-refractivity contribution in [2.75, 3.05) is 7.05 Å². The molecule has 0 saturated heterocycles. The van der Waals surface area contributed by atoms with Gasteiger partial charge in [0.2, 0.25) is 0 Å². The Hall–Kier alpha value is -1.49. The lowest BCUT2D eigenvalue weighted by atomic mass is 10.2. The lowest BCUT2D eigenvalue weighted by Gasteiger charge is -2.16. The monoisotopic (exact) mass is 224 g/mol. The van der Waals surface area contributed by atoms with E-state index < -0.39 is 4.92 Å². The minimum atomic E-state index is -0.395. The highest BCUT2D eigenvalue weighted by molar-refractivity contribution is 7.80. The number of hydrogen-bond donors (Lipinski definition) is 0. The molecule has 0 aromatic heterocycles. The largest absolute Gasteiger partial charge is 0.365 e. The van der Waals surface area contributed by atoms with Crippen LogP contribution in [-0.2, 0) is 6.54 Å². The molecule has 1 rings (SSSR count). The summed E-state index contributed by atoms with van der Waals surface area (Å²) < 4.78 is 0. The van der Waals surface area contributed by atoms with Crippen LogP contribution in [0.3, 0.4) is 0 Å². The summed E-state index contributed by atoms with van der Waals surface area (Å²) in [7, 11) is 1.86. The van der Waals surface area contributed by atoms with Crippen LogP contribution in [0.2, 0.25) is 0 Å². The zero-order valence-corrected chi connectivity index (χ0v) is 9.45. The maximum Gasteiger partial charge on any atom is 0.269 e. The second-order valence-corrected chi connectivity index (χ2v) is 3.89. The highest BCUT2D eigenvalue weighted by Crippen LogP contribution is 2.14. The fraction of sp³-hybridized carbons (Fsp3) is 0.300. The van der Waals surface area contributed by atoms with E-state index in [-0.39, 0.29) is 5.69 Å². The number of thiocarbonyl (C=S) groups is 1. The molecule has 0 unspecified atom stereocenters. The van der Waals surface area contributed by atoms with Gasteiger partial charge in [0.15, 0.2) is 0 Å².